The second-order valence-corrected chi connectivity index (χ2v) is 8.43. The fourth-order valence-corrected chi connectivity index (χ4v) is 4.26. The Balaban J connectivity index is 1.49. The first-order chi connectivity index (χ1) is 13.1. The van der Waals surface area contributed by atoms with Gasteiger partial charge in [0.15, 0.2) is 0 Å². The van der Waals surface area contributed by atoms with Crippen LogP contribution >= 0.6 is 34.5 Å². The van der Waals surface area contributed by atoms with Crippen LogP contribution in [0.25, 0.3) is 0 Å². The number of hydrogen-bond acceptors (Lipinski definition) is 3. The van der Waals surface area contributed by atoms with Crippen LogP contribution < -0.4 is 5.32 Å². The number of carbonyl (C=O) groups excluding carboxylic acids is 1. The van der Waals surface area contributed by atoms with E-state index in [1.54, 1.807) is 0 Å². The van der Waals surface area contributed by atoms with Gasteiger partial charge in [-0.05, 0) is 46.8 Å². The zero-order valence-electron chi connectivity index (χ0n) is 14.4. The van der Waals surface area contributed by atoms with Crippen molar-refractivity contribution in [3.8, 4) is 0 Å². The first kappa shape index (κ1) is 18.5. The number of thiophene rings is 1. The maximum atomic E-state index is 12.3. The minimum absolute atomic E-state index is 0.00388. The van der Waals surface area contributed by atoms with Crippen LogP contribution in [0.5, 0.6) is 0 Å². The standard InChI is InChI=1S/C21H18Cl2N2OS/c22-16-7-3-14(4-8-16)20(15-5-9-17(23)10-6-15)25-12-18(13-25)24-21(26)19-2-1-11-27-19/h1-11,18,20H,12-13H2,(H,24,26). The molecule has 1 aliphatic heterocycles. The third-order valence-electron chi connectivity index (χ3n) is 4.73. The molecule has 1 fully saturated rings. The van der Waals surface area contributed by atoms with E-state index in [-0.39, 0.29) is 18.0 Å². The highest BCUT2D eigenvalue weighted by atomic mass is 35.5. The molecule has 138 valence electrons. The molecule has 0 radical (unpaired) electrons. The molecule has 1 amide bonds. The second kappa shape index (κ2) is 8.03. The van der Waals surface area contributed by atoms with Gasteiger partial charge in [0, 0.05) is 23.1 Å². The van der Waals surface area contributed by atoms with E-state index in [2.05, 4.69) is 34.5 Å². The van der Waals surface area contributed by atoms with Gasteiger partial charge in [-0.15, -0.1) is 11.3 Å². The normalized spacial score (nSPS) is 14.9. The molecule has 0 bridgehead atoms. The van der Waals surface area contributed by atoms with Crippen LogP contribution in [0.3, 0.4) is 0 Å². The number of nitrogens with zero attached hydrogens (tertiary/aromatic N) is 1. The summed E-state index contributed by atoms with van der Waals surface area (Å²) < 4.78 is 0. The van der Waals surface area contributed by atoms with Crippen LogP contribution in [-0.2, 0) is 0 Å². The summed E-state index contributed by atoms with van der Waals surface area (Å²) in [6.45, 7) is 1.60. The lowest BCUT2D eigenvalue weighted by Gasteiger charge is -2.45. The Morgan fingerprint density at radius 1 is 0.963 bits per heavy atom. The molecule has 1 aromatic heterocycles. The molecule has 0 unspecified atom stereocenters. The molecule has 3 aromatic rings. The Hall–Kier alpha value is -1.85. The summed E-state index contributed by atoms with van der Waals surface area (Å²) in [6, 6.07) is 19.9. The Labute approximate surface area is 172 Å². The number of amides is 1. The molecular weight excluding hydrogens is 399 g/mol. The highest BCUT2D eigenvalue weighted by molar-refractivity contribution is 7.12. The lowest BCUT2D eigenvalue weighted by atomic mass is 9.93. The molecule has 1 aliphatic rings. The number of benzene rings is 2. The first-order valence-corrected chi connectivity index (χ1v) is 10.3. The molecule has 1 N–H and O–H groups in total. The third-order valence-corrected chi connectivity index (χ3v) is 6.10. The van der Waals surface area contributed by atoms with Gasteiger partial charge in [-0.2, -0.15) is 0 Å². The third kappa shape index (κ3) is 4.19. The SMILES string of the molecule is O=C(NC1CN(C(c2ccc(Cl)cc2)c2ccc(Cl)cc2)C1)c1cccs1. The quantitative estimate of drug-likeness (QED) is 0.614. The van der Waals surface area contributed by atoms with Crippen molar-refractivity contribution in [1.82, 2.24) is 10.2 Å². The Bertz CT molecular complexity index is 859. The minimum atomic E-state index is 0.00388. The van der Waals surface area contributed by atoms with Crippen LogP contribution in [0.4, 0.5) is 0 Å². The number of carbonyl (C=O) groups is 1. The van der Waals surface area contributed by atoms with Gasteiger partial charge in [-0.1, -0.05) is 53.5 Å². The van der Waals surface area contributed by atoms with Crippen molar-refractivity contribution in [3.05, 3.63) is 92.1 Å². The molecule has 2 heterocycles. The molecule has 0 atom stereocenters. The van der Waals surface area contributed by atoms with Crippen molar-refractivity contribution in [2.75, 3.05) is 13.1 Å². The molecular formula is C21H18Cl2N2OS. The summed E-state index contributed by atoms with van der Waals surface area (Å²) in [4.78, 5) is 15.4. The molecule has 1 saturated heterocycles. The van der Waals surface area contributed by atoms with E-state index in [1.807, 2.05) is 41.8 Å². The predicted molar refractivity (Wildman–Crippen MR) is 112 cm³/mol. The van der Waals surface area contributed by atoms with Crippen LogP contribution in [0.1, 0.15) is 26.8 Å². The Kier molecular flexibility index (Phi) is 5.50. The smallest absolute Gasteiger partial charge is 0.261 e. The van der Waals surface area contributed by atoms with Crippen molar-refractivity contribution in [1.29, 1.82) is 0 Å². The zero-order valence-corrected chi connectivity index (χ0v) is 16.8. The molecule has 0 saturated carbocycles. The Morgan fingerprint density at radius 3 is 2.00 bits per heavy atom. The van der Waals surface area contributed by atoms with Crippen molar-refractivity contribution < 1.29 is 4.79 Å². The van der Waals surface area contributed by atoms with Gasteiger partial charge in [0.25, 0.3) is 5.91 Å². The molecule has 0 spiro atoms. The van der Waals surface area contributed by atoms with E-state index in [4.69, 9.17) is 23.2 Å². The number of halogens is 2. The largest absolute Gasteiger partial charge is 0.346 e. The lowest BCUT2D eigenvalue weighted by molar-refractivity contribution is 0.0721. The maximum Gasteiger partial charge on any atom is 0.261 e. The van der Waals surface area contributed by atoms with Gasteiger partial charge in [0.1, 0.15) is 0 Å². The van der Waals surface area contributed by atoms with E-state index in [9.17, 15) is 4.79 Å². The summed E-state index contributed by atoms with van der Waals surface area (Å²) in [5, 5.41) is 6.47. The van der Waals surface area contributed by atoms with Crippen LogP contribution in [0.15, 0.2) is 66.0 Å². The van der Waals surface area contributed by atoms with Gasteiger partial charge in [0.2, 0.25) is 0 Å². The monoisotopic (exact) mass is 416 g/mol. The topological polar surface area (TPSA) is 32.3 Å². The highest BCUT2D eigenvalue weighted by Crippen LogP contribution is 2.33. The van der Waals surface area contributed by atoms with Crippen molar-refractivity contribution >= 4 is 40.4 Å². The highest BCUT2D eigenvalue weighted by Gasteiger charge is 2.35. The fourth-order valence-electron chi connectivity index (χ4n) is 3.38. The molecule has 2 aromatic carbocycles. The van der Waals surface area contributed by atoms with Gasteiger partial charge in [-0.25, -0.2) is 0 Å². The summed E-state index contributed by atoms with van der Waals surface area (Å²) >= 11 is 13.6. The summed E-state index contributed by atoms with van der Waals surface area (Å²) in [6.07, 6.45) is 0. The zero-order chi connectivity index (χ0) is 18.8. The predicted octanol–water partition coefficient (Wildman–Crippen LogP) is 5.26. The van der Waals surface area contributed by atoms with Gasteiger partial charge < -0.3 is 5.32 Å². The lowest BCUT2D eigenvalue weighted by Crippen LogP contribution is -2.60. The molecule has 3 nitrogen and oxygen atoms in total. The number of likely N-dealkylation sites (tertiary alicyclic amines) is 1. The van der Waals surface area contributed by atoms with E-state index >= 15 is 0 Å². The average molecular weight is 417 g/mol. The van der Waals surface area contributed by atoms with Crippen LogP contribution in [0, 0.1) is 0 Å². The summed E-state index contributed by atoms with van der Waals surface area (Å²) in [5.41, 5.74) is 2.34. The first-order valence-electron chi connectivity index (χ1n) is 8.69. The van der Waals surface area contributed by atoms with E-state index in [0.29, 0.717) is 0 Å². The molecule has 6 heteroatoms. The molecule has 0 aliphatic carbocycles. The number of rotatable bonds is 5. The van der Waals surface area contributed by atoms with Crippen LogP contribution in [0.2, 0.25) is 10.0 Å². The minimum Gasteiger partial charge on any atom is -0.346 e. The number of hydrogen-bond donors (Lipinski definition) is 1. The van der Waals surface area contributed by atoms with Crippen molar-refractivity contribution in [2.45, 2.75) is 12.1 Å². The molecule has 27 heavy (non-hydrogen) atoms. The fraction of sp³-hybridized carbons (Fsp3) is 0.190. The number of nitrogens with one attached hydrogen (secondary N) is 1. The Morgan fingerprint density at radius 2 is 1.52 bits per heavy atom. The van der Waals surface area contributed by atoms with Gasteiger partial charge in [-0.3, -0.25) is 9.69 Å². The summed E-state index contributed by atoms with van der Waals surface area (Å²) in [7, 11) is 0. The maximum absolute atomic E-state index is 12.3. The van der Waals surface area contributed by atoms with Crippen LogP contribution in [-0.4, -0.2) is 29.9 Å². The van der Waals surface area contributed by atoms with E-state index in [1.165, 1.54) is 22.5 Å². The van der Waals surface area contributed by atoms with Gasteiger partial charge in [0.05, 0.1) is 17.0 Å². The molecule has 4 rings (SSSR count). The summed E-state index contributed by atoms with van der Waals surface area (Å²) in [5.74, 6) is 0.00388. The van der Waals surface area contributed by atoms with Crippen molar-refractivity contribution in [2.24, 2.45) is 0 Å². The van der Waals surface area contributed by atoms with Crippen molar-refractivity contribution in [3.63, 3.8) is 0 Å². The average Bonchev–Trinajstić information content (AvgIpc) is 3.17. The van der Waals surface area contributed by atoms with E-state index < -0.39 is 0 Å². The van der Waals surface area contributed by atoms with E-state index in [0.717, 1.165) is 28.0 Å². The second-order valence-electron chi connectivity index (χ2n) is 6.61. The van der Waals surface area contributed by atoms with Gasteiger partial charge >= 0.3 is 0 Å².